The maximum absolute atomic E-state index is 12.7. The number of benzene rings is 2. The van der Waals surface area contributed by atoms with Gasteiger partial charge in [-0.3, -0.25) is 9.80 Å². The third-order valence-corrected chi connectivity index (χ3v) is 6.82. The first-order chi connectivity index (χ1) is 12.9. The average Bonchev–Trinajstić information content (AvgIpc) is 2.99. The van der Waals surface area contributed by atoms with E-state index in [1.807, 2.05) is 23.1 Å². The standard InChI is InChI=1S/C22H28N3OP/c1-24(2)22(17-7-4-3-5-8-17)13-11-21(12-14-22)16-25(20(26)23-21)18-9-6-10-19(27)15-18/h3-10,15H,11-14,16,27H2,1-2H3,(H,23,26)/t21-,22+. The highest BCUT2D eigenvalue weighted by molar-refractivity contribution is 7.27. The quantitative estimate of drug-likeness (QED) is 0.827. The number of hydrogen-bond donors (Lipinski definition) is 1. The normalized spacial score (nSPS) is 28.0. The van der Waals surface area contributed by atoms with E-state index in [9.17, 15) is 4.79 Å². The molecule has 1 unspecified atom stereocenters. The first-order valence-corrected chi connectivity index (χ1v) is 10.2. The molecule has 2 aromatic rings. The van der Waals surface area contributed by atoms with Crippen LogP contribution < -0.4 is 15.5 Å². The second-order valence-corrected chi connectivity index (χ2v) is 8.85. The van der Waals surface area contributed by atoms with Crippen LogP contribution in [-0.2, 0) is 5.54 Å². The summed E-state index contributed by atoms with van der Waals surface area (Å²) in [5.74, 6) is 0. The van der Waals surface area contributed by atoms with Crippen molar-refractivity contribution in [3.8, 4) is 0 Å². The smallest absolute Gasteiger partial charge is 0.322 e. The number of rotatable bonds is 3. The van der Waals surface area contributed by atoms with E-state index in [0.29, 0.717) is 0 Å². The van der Waals surface area contributed by atoms with Gasteiger partial charge in [-0.25, -0.2) is 4.79 Å². The number of hydrogen-bond acceptors (Lipinski definition) is 2. The summed E-state index contributed by atoms with van der Waals surface area (Å²) < 4.78 is 0. The summed E-state index contributed by atoms with van der Waals surface area (Å²) >= 11 is 0. The predicted octanol–water partition coefficient (Wildman–Crippen LogP) is 3.49. The molecule has 4 rings (SSSR count). The fourth-order valence-corrected chi connectivity index (χ4v) is 5.06. The molecule has 1 aliphatic heterocycles. The van der Waals surface area contributed by atoms with Gasteiger partial charge in [0.05, 0.1) is 12.1 Å². The Balaban J connectivity index is 1.55. The molecule has 27 heavy (non-hydrogen) atoms. The molecule has 0 radical (unpaired) electrons. The van der Waals surface area contributed by atoms with Gasteiger partial charge < -0.3 is 5.32 Å². The fourth-order valence-electron chi connectivity index (χ4n) is 4.78. The molecular weight excluding hydrogens is 353 g/mol. The Bertz CT molecular complexity index is 828. The molecular formula is C22H28N3OP. The molecule has 2 aromatic carbocycles. The number of nitrogens with zero attached hydrogens (tertiary/aromatic N) is 2. The Kier molecular flexibility index (Phi) is 4.73. The van der Waals surface area contributed by atoms with Gasteiger partial charge in [-0.15, -0.1) is 9.24 Å². The van der Waals surface area contributed by atoms with Crippen molar-refractivity contribution >= 4 is 26.3 Å². The molecule has 2 fully saturated rings. The number of carbonyl (C=O) groups excluding carboxylic acids is 1. The van der Waals surface area contributed by atoms with Crippen LogP contribution >= 0.6 is 9.24 Å². The van der Waals surface area contributed by atoms with E-state index >= 15 is 0 Å². The van der Waals surface area contributed by atoms with E-state index in [1.165, 1.54) is 5.56 Å². The second kappa shape index (κ2) is 6.92. The minimum Gasteiger partial charge on any atom is -0.330 e. The third kappa shape index (κ3) is 3.26. The average molecular weight is 381 g/mol. The highest BCUT2D eigenvalue weighted by atomic mass is 31.0. The molecule has 0 bridgehead atoms. The Morgan fingerprint density at radius 3 is 2.33 bits per heavy atom. The topological polar surface area (TPSA) is 35.6 Å². The molecule has 2 aliphatic rings. The van der Waals surface area contributed by atoms with Crippen LogP contribution in [-0.4, -0.2) is 37.1 Å². The lowest BCUT2D eigenvalue weighted by atomic mass is 9.69. The molecule has 1 spiro atoms. The van der Waals surface area contributed by atoms with Gasteiger partial charge >= 0.3 is 6.03 Å². The van der Waals surface area contributed by atoms with Crippen LogP contribution in [0.5, 0.6) is 0 Å². The molecule has 1 aliphatic carbocycles. The van der Waals surface area contributed by atoms with Gasteiger partial charge in [-0.05, 0) is 62.8 Å². The number of nitrogens with one attached hydrogen (secondary N) is 1. The summed E-state index contributed by atoms with van der Waals surface area (Å²) in [6, 6.07) is 18.9. The lowest BCUT2D eigenvalue weighted by Gasteiger charge is -2.48. The summed E-state index contributed by atoms with van der Waals surface area (Å²) in [6.45, 7) is 0.748. The number of carbonyl (C=O) groups is 1. The van der Waals surface area contributed by atoms with E-state index in [0.717, 1.165) is 43.2 Å². The third-order valence-electron chi connectivity index (χ3n) is 6.46. The van der Waals surface area contributed by atoms with Gasteiger partial charge in [0.15, 0.2) is 0 Å². The van der Waals surface area contributed by atoms with E-state index < -0.39 is 0 Å². The molecule has 5 heteroatoms. The molecule has 0 aromatic heterocycles. The van der Waals surface area contributed by atoms with Crippen molar-refractivity contribution in [3.05, 3.63) is 60.2 Å². The van der Waals surface area contributed by atoms with Gasteiger partial charge in [0.2, 0.25) is 0 Å². The van der Waals surface area contributed by atoms with E-state index in [2.05, 4.69) is 70.0 Å². The minimum absolute atomic E-state index is 0.0302. The van der Waals surface area contributed by atoms with Gasteiger partial charge in [0.25, 0.3) is 0 Å². The Morgan fingerprint density at radius 1 is 1.00 bits per heavy atom. The summed E-state index contributed by atoms with van der Waals surface area (Å²) in [5.41, 5.74) is 2.28. The van der Waals surface area contributed by atoms with Gasteiger partial charge in [-0.2, -0.15) is 0 Å². The number of anilines is 1. The lowest BCUT2D eigenvalue weighted by Crippen LogP contribution is -2.54. The zero-order valence-corrected chi connectivity index (χ0v) is 17.3. The largest absolute Gasteiger partial charge is 0.330 e. The monoisotopic (exact) mass is 381 g/mol. The van der Waals surface area contributed by atoms with E-state index in [4.69, 9.17) is 0 Å². The molecule has 4 nitrogen and oxygen atoms in total. The van der Waals surface area contributed by atoms with Crippen LogP contribution in [0.1, 0.15) is 31.2 Å². The van der Waals surface area contributed by atoms with Crippen molar-refractivity contribution in [3.63, 3.8) is 0 Å². The minimum atomic E-state index is -0.123. The maximum Gasteiger partial charge on any atom is 0.322 e. The first kappa shape index (κ1) is 18.5. The number of urea groups is 1. The molecule has 1 saturated carbocycles. The van der Waals surface area contributed by atoms with Crippen molar-refractivity contribution in [2.45, 2.75) is 36.8 Å². The van der Waals surface area contributed by atoms with Crippen LogP contribution in [0, 0.1) is 0 Å². The molecule has 1 N–H and O–H groups in total. The fraction of sp³-hybridized carbons (Fsp3) is 0.409. The zero-order valence-electron chi connectivity index (χ0n) is 16.1. The van der Waals surface area contributed by atoms with Crippen molar-refractivity contribution in [2.24, 2.45) is 0 Å². The predicted molar refractivity (Wildman–Crippen MR) is 115 cm³/mol. The van der Waals surface area contributed by atoms with Crippen LogP contribution in [0.25, 0.3) is 0 Å². The van der Waals surface area contributed by atoms with Crippen molar-refractivity contribution in [1.29, 1.82) is 0 Å². The molecule has 1 atom stereocenters. The lowest BCUT2D eigenvalue weighted by molar-refractivity contribution is 0.0658. The van der Waals surface area contributed by atoms with Crippen LogP contribution in [0.3, 0.4) is 0 Å². The van der Waals surface area contributed by atoms with Crippen molar-refractivity contribution in [1.82, 2.24) is 10.2 Å². The molecule has 1 heterocycles. The Morgan fingerprint density at radius 2 is 1.70 bits per heavy atom. The van der Waals surface area contributed by atoms with E-state index in [-0.39, 0.29) is 17.1 Å². The summed E-state index contributed by atoms with van der Waals surface area (Å²) in [5, 5.41) is 4.42. The maximum atomic E-state index is 12.7. The van der Waals surface area contributed by atoms with Gasteiger partial charge in [0, 0.05) is 11.2 Å². The second-order valence-electron chi connectivity index (χ2n) is 8.18. The Hall–Kier alpha value is -1.90. The van der Waals surface area contributed by atoms with Crippen LogP contribution in [0.2, 0.25) is 0 Å². The first-order valence-electron chi connectivity index (χ1n) is 9.62. The Labute approximate surface area is 164 Å². The summed E-state index contributed by atoms with van der Waals surface area (Å²) in [6.07, 6.45) is 4.06. The highest BCUT2D eigenvalue weighted by Gasteiger charge is 2.50. The van der Waals surface area contributed by atoms with Crippen molar-refractivity contribution < 1.29 is 4.79 Å². The molecule has 142 valence electrons. The SMILES string of the molecule is CN(C)[C@]1(c2ccccc2)CC[C@]2(CC1)CN(c1cccc(P)c1)C(=O)N2. The van der Waals surface area contributed by atoms with Crippen LogP contribution in [0.4, 0.5) is 10.5 Å². The molecule has 1 saturated heterocycles. The van der Waals surface area contributed by atoms with Crippen molar-refractivity contribution in [2.75, 3.05) is 25.5 Å². The zero-order chi connectivity index (χ0) is 19.1. The highest BCUT2D eigenvalue weighted by Crippen LogP contribution is 2.46. The number of amides is 2. The van der Waals surface area contributed by atoms with Gasteiger partial charge in [-0.1, -0.05) is 42.5 Å². The molecule has 2 amide bonds. The van der Waals surface area contributed by atoms with Crippen LogP contribution in [0.15, 0.2) is 54.6 Å². The summed E-state index contributed by atoms with van der Waals surface area (Å²) in [7, 11) is 7.06. The summed E-state index contributed by atoms with van der Waals surface area (Å²) in [4.78, 5) is 17.0. The van der Waals surface area contributed by atoms with Gasteiger partial charge in [0.1, 0.15) is 0 Å². The van der Waals surface area contributed by atoms with E-state index in [1.54, 1.807) is 0 Å².